The van der Waals surface area contributed by atoms with Gasteiger partial charge in [-0.2, -0.15) is 0 Å². The molecule has 0 amide bonds. The van der Waals surface area contributed by atoms with E-state index in [1.54, 1.807) is 0 Å². The summed E-state index contributed by atoms with van der Waals surface area (Å²) in [6.07, 6.45) is -0.390. The second-order valence-electron chi connectivity index (χ2n) is 5.61. The minimum absolute atomic E-state index is 0.118. The molecule has 0 saturated carbocycles. The fraction of sp³-hybridized carbons (Fsp3) is 0.333. The SMILES string of the molecule is CC(C)Oc1c(Br)cc(CNCC(O)c2ccccc2)cc1Br. The van der Waals surface area contributed by atoms with E-state index in [9.17, 15) is 5.11 Å². The molecule has 3 nitrogen and oxygen atoms in total. The molecule has 5 heteroatoms. The molecule has 1 atom stereocenters. The predicted molar refractivity (Wildman–Crippen MR) is 101 cm³/mol. The third kappa shape index (κ3) is 5.60. The minimum atomic E-state index is -0.508. The van der Waals surface area contributed by atoms with Gasteiger partial charge in [-0.25, -0.2) is 0 Å². The van der Waals surface area contributed by atoms with Crippen LogP contribution in [0.15, 0.2) is 51.4 Å². The normalized spacial score (nSPS) is 12.4. The first-order valence-corrected chi connectivity index (χ1v) is 9.14. The smallest absolute Gasteiger partial charge is 0.148 e. The van der Waals surface area contributed by atoms with Crippen LogP contribution in [0.3, 0.4) is 0 Å². The van der Waals surface area contributed by atoms with Crippen molar-refractivity contribution in [1.82, 2.24) is 5.32 Å². The lowest BCUT2D eigenvalue weighted by molar-refractivity contribution is 0.174. The van der Waals surface area contributed by atoms with Gasteiger partial charge in [0.2, 0.25) is 0 Å². The van der Waals surface area contributed by atoms with Gasteiger partial charge in [-0.3, -0.25) is 0 Å². The molecule has 2 aromatic carbocycles. The molecule has 2 N–H and O–H groups in total. The Bertz CT molecular complexity index is 609. The Morgan fingerprint density at radius 1 is 1.09 bits per heavy atom. The van der Waals surface area contributed by atoms with Gasteiger partial charge in [0.05, 0.1) is 21.2 Å². The third-order valence-electron chi connectivity index (χ3n) is 3.26. The van der Waals surface area contributed by atoms with Gasteiger partial charge in [-0.05, 0) is 69.0 Å². The number of benzene rings is 2. The van der Waals surface area contributed by atoms with Gasteiger partial charge in [0, 0.05) is 13.1 Å². The number of ether oxygens (including phenoxy) is 1. The molecule has 124 valence electrons. The molecule has 0 saturated heterocycles. The Morgan fingerprint density at radius 3 is 2.26 bits per heavy atom. The van der Waals surface area contributed by atoms with Crippen molar-refractivity contribution in [3.05, 3.63) is 62.5 Å². The van der Waals surface area contributed by atoms with Crippen LogP contribution in [0.4, 0.5) is 0 Å². The summed E-state index contributed by atoms with van der Waals surface area (Å²) in [4.78, 5) is 0. The highest BCUT2D eigenvalue weighted by Crippen LogP contribution is 2.35. The molecular formula is C18H21Br2NO2. The predicted octanol–water partition coefficient (Wildman–Crippen LogP) is 4.82. The van der Waals surface area contributed by atoms with Crippen molar-refractivity contribution in [3.8, 4) is 5.75 Å². The number of aliphatic hydroxyl groups is 1. The zero-order valence-electron chi connectivity index (χ0n) is 13.2. The molecule has 1 unspecified atom stereocenters. The first kappa shape index (κ1) is 18.5. The topological polar surface area (TPSA) is 41.5 Å². The lowest BCUT2D eigenvalue weighted by atomic mass is 10.1. The van der Waals surface area contributed by atoms with Crippen LogP contribution in [-0.2, 0) is 6.54 Å². The summed E-state index contributed by atoms with van der Waals surface area (Å²) in [7, 11) is 0. The number of aliphatic hydroxyl groups excluding tert-OH is 1. The molecule has 0 heterocycles. The molecule has 2 rings (SSSR count). The number of halogens is 2. The van der Waals surface area contributed by atoms with Crippen LogP contribution in [0, 0.1) is 0 Å². The first-order valence-electron chi connectivity index (χ1n) is 7.55. The van der Waals surface area contributed by atoms with E-state index in [1.165, 1.54) is 0 Å². The van der Waals surface area contributed by atoms with E-state index < -0.39 is 6.10 Å². The summed E-state index contributed by atoms with van der Waals surface area (Å²) in [6.45, 7) is 5.17. The standard InChI is InChI=1S/C18H21Br2NO2/c1-12(2)23-18-15(19)8-13(9-16(18)20)10-21-11-17(22)14-6-4-3-5-7-14/h3-9,12,17,21-22H,10-11H2,1-2H3. The zero-order valence-corrected chi connectivity index (χ0v) is 16.4. The van der Waals surface area contributed by atoms with Gasteiger partial charge in [-0.15, -0.1) is 0 Å². The number of hydrogen-bond donors (Lipinski definition) is 2. The molecule has 0 spiro atoms. The summed E-state index contributed by atoms with van der Waals surface area (Å²) in [5, 5.41) is 13.4. The quantitative estimate of drug-likeness (QED) is 0.645. The summed E-state index contributed by atoms with van der Waals surface area (Å²) in [5.41, 5.74) is 2.03. The number of nitrogens with one attached hydrogen (secondary N) is 1. The van der Waals surface area contributed by atoms with E-state index >= 15 is 0 Å². The van der Waals surface area contributed by atoms with E-state index in [4.69, 9.17) is 4.74 Å². The number of rotatable bonds is 7. The Morgan fingerprint density at radius 2 is 1.70 bits per heavy atom. The summed E-state index contributed by atoms with van der Waals surface area (Å²) < 4.78 is 7.61. The molecular weight excluding hydrogens is 422 g/mol. The van der Waals surface area contributed by atoms with E-state index in [2.05, 4.69) is 37.2 Å². The fourth-order valence-electron chi connectivity index (χ4n) is 2.21. The second kappa shape index (κ2) is 8.83. The van der Waals surface area contributed by atoms with Gasteiger partial charge < -0.3 is 15.2 Å². The Hall–Kier alpha value is -0.880. The molecule has 2 aromatic rings. The molecule has 0 aliphatic heterocycles. The molecule has 0 fully saturated rings. The lowest BCUT2D eigenvalue weighted by Crippen LogP contribution is -2.21. The van der Waals surface area contributed by atoms with Gasteiger partial charge in [0.25, 0.3) is 0 Å². The van der Waals surface area contributed by atoms with Crippen LogP contribution < -0.4 is 10.1 Å². The Balaban J connectivity index is 1.93. The van der Waals surface area contributed by atoms with Crippen LogP contribution in [0.2, 0.25) is 0 Å². The minimum Gasteiger partial charge on any atom is -0.489 e. The maximum atomic E-state index is 10.1. The van der Waals surface area contributed by atoms with Gasteiger partial charge >= 0.3 is 0 Å². The van der Waals surface area contributed by atoms with Crippen LogP contribution in [0.5, 0.6) is 5.75 Å². The summed E-state index contributed by atoms with van der Waals surface area (Å²) >= 11 is 7.10. The van der Waals surface area contributed by atoms with Crippen molar-refractivity contribution in [3.63, 3.8) is 0 Å². The average molecular weight is 443 g/mol. The molecule has 0 aliphatic rings. The molecule has 0 bridgehead atoms. The Labute approximate surface area is 154 Å². The molecule has 0 aliphatic carbocycles. The highest BCUT2D eigenvalue weighted by molar-refractivity contribution is 9.11. The van der Waals surface area contributed by atoms with Crippen LogP contribution in [-0.4, -0.2) is 17.8 Å². The largest absolute Gasteiger partial charge is 0.489 e. The van der Waals surface area contributed by atoms with E-state index in [0.29, 0.717) is 13.1 Å². The van der Waals surface area contributed by atoms with E-state index in [0.717, 1.165) is 25.8 Å². The van der Waals surface area contributed by atoms with Crippen molar-refractivity contribution in [1.29, 1.82) is 0 Å². The second-order valence-corrected chi connectivity index (χ2v) is 7.32. The van der Waals surface area contributed by atoms with Gasteiger partial charge in [-0.1, -0.05) is 30.3 Å². The van der Waals surface area contributed by atoms with Crippen molar-refractivity contribution in [2.45, 2.75) is 32.6 Å². The zero-order chi connectivity index (χ0) is 16.8. The van der Waals surface area contributed by atoms with E-state index in [1.807, 2.05) is 56.3 Å². The van der Waals surface area contributed by atoms with Crippen LogP contribution in [0.25, 0.3) is 0 Å². The van der Waals surface area contributed by atoms with E-state index in [-0.39, 0.29) is 6.10 Å². The van der Waals surface area contributed by atoms with Crippen LogP contribution in [0.1, 0.15) is 31.1 Å². The first-order chi connectivity index (χ1) is 11.0. The van der Waals surface area contributed by atoms with Crippen molar-refractivity contribution < 1.29 is 9.84 Å². The number of hydrogen-bond acceptors (Lipinski definition) is 3. The monoisotopic (exact) mass is 441 g/mol. The maximum absolute atomic E-state index is 10.1. The highest BCUT2D eigenvalue weighted by Gasteiger charge is 2.11. The Kier molecular flexibility index (Phi) is 7.09. The average Bonchev–Trinajstić information content (AvgIpc) is 2.51. The van der Waals surface area contributed by atoms with Crippen molar-refractivity contribution in [2.75, 3.05) is 6.54 Å². The third-order valence-corrected chi connectivity index (χ3v) is 4.44. The van der Waals surface area contributed by atoms with Crippen LogP contribution >= 0.6 is 31.9 Å². The molecule has 23 heavy (non-hydrogen) atoms. The highest BCUT2D eigenvalue weighted by atomic mass is 79.9. The summed E-state index contributed by atoms with van der Waals surface area (Å²) in [5.74, 6) is 0.813. The van der Waals surface area contributed by atoms with Crippen molar-refractivity contribution >= 4 is 31.9 Å². The van der Waals surface area contributed by atoms with Gasteiger partial charge in [0.1, 0.15) is 5.75 Å². The van der Waals surface area contributed by atoms with Crippen molar-refractivity contribution in [2.24, 2.45) is 0 Å². The molecule has 0 radical (unpaired) electrons. The van der Waals surface area contributed by atoms with Gasteiger partial charge in [0.15, 0.2) is 0 Å². The maximum Gasteiger partial charge on any atom is 0.148 e. The fourth-order valence-corrected chi connectivity index (χ4v) is 3.68. The molecule has 0 aromatic heterocycles. The summed E-state index contributed by atoms with van der Waals surface area (Å²) in [6, 6.07) is 13.7. The lowest BCUT2D eigenvalue weighted by Gasteiger charge is -2.16.